The van der Waals surface area contributed by atoms with Gasteiger partial charge in [0.05, 0.1) is 0 Å². The summed E-state index contributed by atoms with van der Waals surface area (Å²) in [7, 11) is 1.88. The van der Waals surface area contributed by atoms with E-state index in [0.29, 0.717) is 22.2 Å². The first-order valence-corrected chi connectivity index (χ1v) is 6.68. The van der Waals surface area contributed by atoms with Crippen LogP contribution < -0.4 is 11.1 Å². The summed E-state index contributed by atoms with van der Waals surface area (Å²) in [6.07, 6.45) is 4.10. The SMILES string of the molecule is CNC(Cc1c(Cl)cccc1Cl)c1cnccc1N. The van der Waals surface area contributed by atoms with Gasteiger partial charge < -0.3 is 11.1 Å². The van der Waals surface area contributed by atoms with Gasteiger partial charge >= 0.3 is 0 Å². The molecule has 2 aromatic rings. The van der Waals surface area contributed by atoms with Crippen LogP contribution in [0.15, 0.2) is 36.7 Å². The zero-order chi connectivity index (χ0) is 13.8. The summed E-state index contributed by atoms with van der Waals surface area (Å²) in [5.41, 5.74) is 8.54. The molecule has 3 N–H and O–H groups in total. The van der Waals surface area contributed by atoms with E-state index in [1.165, 1.54) is 0 Å². The average Bonchev–Trinajstić information content (AvgIpc) is 2.40. The number of pyridine rings is 1. The van der Waals surface area contributed by atoms with Crippen molar-refractivity contribution in [1.82, 2.24) is 10.3 Å². The van der Waals surface area contributed by atoms with E-state index in [0.717, 1.165) is 11.1 Å². The Balaban J connectivity index is 2.32. The molecule has 19 heavy (non-hydrogen) atoms. The van der Waals surface area contributed by atoms with Crippen LogP contribution in [-0.2, 0) is 6.42 Å². The topological polar surface area (TPSA) is 50.9 Å². The fourth-order valence-electron chi connectivity index (χ4n) is 2.01. The maximum atomic E-state index is 6.20. The van der Waals surface area contributed by atoms with Crippen LogP contribution >= 0.6 is 23.2 Å². The highest BCUT2D eigenvalue weighted by molar-refractivity contribution is 6.36. The van der Waals surface area contributed by atoms with Gasteiger partial charge in [-0.05, 0) is 37.2 Å². The lowest BCUT2D eigenvalue weighted by Crippen LogP contribution is -2.20. The average molecular weight is 296 g/mol. The fraction of sp³-hybridized carbons (Fsp3) is 0.214. The number of aromatic nitrogens is 1. The number of halogens is 2. The largest absolute Gasteiger partial charge is 0.398 e. The van der Waals surface area contributed by atoms with Crippen molar-refractivity contribution in [2.24, 2.45) is 0 Å². The lowest BCUT2D eigenvalue weighted by atomic mass is 9.99. The predicted molar refractivity (Wildman–Crippen MR) is 80.6 cm³/mol. The molecule has 1 heterocycles. The minimum Gasteiger partial charge on any atom is -0.398 e. The summed E-state index contributed by atoms with van der Waals surface area (Å²) in [6.45, 7) is 0. The van der Waals surface area contributed by atoms with Crippen LogP contribution in [-0.4, -0.2) is 12.0 Å². The Hall–Kier alpha value is -1.29. The third-order valence-electron chi connectivity index (χ3n) is 3.08. The minimum atomic E-state index is 0.0195. The number of rotatable bonds is 4. The second-order valence-corrected chi connectivity index (χ2v) is 5.06. The lowest BCUT2D eigenvalue weighted by Gasteiger charge is -2.19. The molecule has 0 amide bonds. The predicted octanol–water partition coefficient (Wildman–Crippen LogP) is 3.47. The van der Waals surface area contributed by atoms with Gasteiger partial charge in [0.2, 0.25) is 0 Å². The molecule has 3 nitrogen and oxygen atoms in total. The number of benzene rings is 1. The Kier molecular flexibility index (Phi) is 4.64. The molecule has 0 saturated heterocycles. The molecule has 0 saturated carbocycles. The van der Waals surface area contributed by atoms with Gasteiger partial charge in [0.25, 0.3) is 0 Å². The van der Waals surface area contributed by atoms with E-state index < -0.39 is 0 Å². The molecule has 1 atom stereocenters. The first kappa shape index (κ1) is 14.1. The zero-order valence-corrected chi connectivity index (χ0v) is 12.0. The highest BCUT2D eigenvalue weighted by Gasteiger charge is 2.16. The van der Waals surface area contributed by atoms with Gasteiger partial charge in [-0.3, -0.25) is 4.98 Å². The van der Waals surface area contributed by atoms with Crippen LogP contribution in [0.2, 0.25) is 10.0 Å². The van der Waals surface area contributed by atoms with Gasteiger partial charge in [-0.15, -0.1) is 0 Å². The number of anilines is 1. The molecule has 0 bridgehead atoms. The lowest BCUT2D eigenvalue weighted by molar-refractivity contribution is 0.592. The van der Waals surface area contributed by atoms with Gasteiger partial charge in [-0.2, -0.15) is 0 Å². The quantitative estimate of drug-likeness (QED) is 0.908. The standard InChI is InChI=1S/C14H15Cl2N3/c1-18-14(10-8-19-6-5-13(10)17)7-9-11(15)3-2-4-12(9)16/h2-6,8,14,18H,7H2,1H3,(H2,17,19). The molecule has 1 aromatic carbocycles. The van der Waals surface area contributed by atoms with E-state index in [9.17, 15) is 0 Å². The summed E-state index contributed by atoms with van der Waals surface area (Å²) in [4.78, 5) is 4.11. The van der Waals surface area contributed by atoms with Crippen molar-refractivity contribution in [2.45, 2.75) is 12.5 Å². The number of nitrogens with two attached hydrogens (primary N) is 1. The number of nitrogens with zero attached hydrogens (tertiary/aromatic N) is 1. The van der Waals surface area contributed by atoms with Gasteiger partial charge in [0.1, 0.15) is 0 Å². The molecule has 0 aliphatic rings. The van der Waals surface area contributed by atoms with Crippen molar-refractivity contribution in [2.75, 3.05) is 12.8 Å². The van der Waals surface area contributed by atoms with Gasteiger partial charge in [0, 0.05) is 39.7 Å². The molecule has 1 unspecified atom stereocenters. The molecule has 0 radical (unpaired) electrons. The monoisotopic (exact) mass is 295 g/mol. The van der Waals surface area contributed by atoms with Crippen molar-refractivity contribution in [3.05, 3.63) is 57.8 Å². The van der Waals surface area contributed by atoms with E-state index >= 15 is 0 Å². The first-order chi connectivity index (χ1) is 9.13. The third-order valence-corrected chi connectivity index (χ3v) is 3.79. The second-order valence-electron chi connectivity index (χ2n) is 4.25. The van der Waals surface area contributed by atoms with E-state index in [2.05, 4.69) is 10.3 Å². The molecule has 0 aliphatic heterocycles. The van der Waals surface area contributed by atoms with Crippen LogP contribution in [0.3, 0.4) is 0 Å². The Morgan fingerprint density at radius 2 is 1.95 bits per heavy atom. The Labute approximate surface area is 122 Å². The van der Waals surface area contributed by atoms with Crippen LogP contribution in [0, 0.1) is 0 Å². The van der Waals surface area contributed by atoms with E-state index in [4.69, 9.17) is 28.9 Å². The number of nitrogen functional groups attached to an aromatic ring is 1. The van der Waals surface area contributed by atoms with Crippen LogP contribution in [0.25, 0.3) is 0 Å². The normalized spacial score (nSPS) is 12.4. The van der Waals surface area contributed by atoms with E-state index in [1.807, 2.05) is 25.2 Å². The molecular formula is C14H15Cl2N3. The van der Waals surface area contributed by atoms with Gasteiger partial charge in [0.15, 0.2) is 0 Å². The van der Waals surface area contributed by atoms with Crippen molar-refractivity contribution in [1.29, 1.82) is 0 Å². The molecule has 0 aliphatic carbocycles. The third kappa shape index (κ3) is 3.18. The van der Waals surface area contributed by atoms with Crippen molar-refractivity contribution >= 4 is 28.9 Å². The molecule has 100 valence electrons. The highest BCUT2D eigenvalue weighted by atomic mass is 35.5. The Morgan fingerprint density at radius 3 is 2.53 bits per heavy atom. The van der Waals surface area contributed by atoms with E-state index in [-0.39, 0.29) is 6.04 Å². The summed E-state index contributed by atoms with van der Waals surface area (Å²) >= 11 is 12.4. The molecular weight excluding hydrogens is 281 g/mol. The molecule has 0 spiro atoms. The van der Waals surface area contributed by atoms with Crippen LogP contribution in [0.5, 0.6) is 0 Å². The molecule has 0 fully saturated rings. The molecule has 2 rings (SSSR count). The first-order valence-electron chi connectivity index (χ1n) is 5.93. The van der Waals surface area contributed by atoms with Gasteiger partial charge in [-0.1, -0.05) is 29.3 Å². The summed E-state index contributed by atoms with van der Waals surface area (Å²) in [5, 5.41) is 4.55. The fourth-order valence-corrected chi connectivity index (χ4v) is 2.56. The molecule has 1 aromatic heterocycles. The summed E-state index contributed by atoms with van der Waals surface area (Å²) < 4.78 is 0. The van der Waals surface area contributed by atoms with Crippen molar-refractivity contribution in [3.8, 4) is 0 Å². The number of likely N-dealkylation sites (N-methyl/N-ethyl adjacent to an activating group) is 1. The van der Waals surface area contributed by atoms with Crippen molar-refractivity contribution < 1.29 is 0 Å². The maximum Gasteiger partial charge on any atom is 0.0453 e. The smallest absolute Gasteiger partial charge is 0.0453 e. The number of nitrogens with one attached hydrogen (secondary N) is 1. The van der Waals surface area contributed by atoms with Gasteiger partial charge in [-0.25, -0.2) is 0 Å². The van der Waals surface area contributed by atoms with E-state index in [1.54, 1.807) is 18.5 Å². The number of hydrogen-bond acceptors (Lipinski definition) is 3. The minimum absolute atomic E-state index is 0.0195. The summed E-state index contributed by atoms with van der Waals surface area (Å²) in [6, 6.07) is 7.31. The number of hydrogen-bond donors (Lipinski definition) is 2. The molecule has 5 heteroatoms. The van der Waals surface area contributed by atoms with Crippen molar-refractivity contribution in [3.63, 3.8) is 0 Å². The highest BCUT2D eigenvalue weighted by Crippen LogP contribution is 2.30. The van der Waals surface area contributed by atoms with Crippen LogP contribution in [0.1, 0.15) is 17.2 Å². The maximum absolute atomic E-state index is 6.20. The summed E-state index contributed by atoms with van der Waals surface area (Å²) in [5.74, 6) is 0. The van der Waals surface area contributed by atoms with Crippen LogP contribution in [0.4, 0.5) is 5.69 Å². The Bertz CT molecular complexity index is 552. The second kappa shape index (κ2) is 6.24. The Morgan fingerprint density at radius 1 is 1.26 bits per heavy atom. The zero-order valence-electron chi connectivity index (χ0n) is 10.5.